The third-order valence-electron chi connectivity index (χ3n) is 2.85. The van der Waals surface area contributed by atoms with Gasteiger partial charge in [0.15, 0.2) is 0 Å². The second kappa shape index (κ2) is 4.58. The van der Waals surface area contributed by atoms with Crippen molar-refractivity contribution in [3.63, 3.8) is 0 Å². The molecular formula is C12H18N2. The molecule has 0 saturated carbocycles. The van der Waals surface area contributed by atoms with E-state index in [1.165, 1.54) is 12.0 Å². The molecule has 1 unspecified atom stereocenters. The zero-order valence-corrected chi connectivity index (χ0v) is 8.66. The van der Waals surface area contributed by atoms with E-state index in [2.05, 4.69) is 47.9 Å². The molecule has 1 aliphatic rings. The van der Waals surface area contributed by atoms with Gasteiger partial charge >= 0.3 is 0 Å². The summed E-state index contributed by atoms with van der Waals surface area (Å²) < 4.78 is 0. The van der Waals surface area contributed by atoms with Crippen molar-refractivity contribution in [3.8, 4) is 0 Å². The highest BCUT2D eigenvalue weighted by atomic mass is 15.0. The average molecular weight is 190 g/mol. The molecule has 2 nitrogen and oxygen atoms in total. The van der Waals surface area contributed by atoms with Gasteiger partial charge in [0.1, 0.15) is 0 Å². The van der Waals surface area contributed by atoms with Gasteiger partial charge in [-0.3, -0.25) is 0 Å². The van der Waals surface area contributed by atoms with Gasteiger partial charge in [-0.2, -0.15) is 0 Å². The third kappa shape index (κ3) is 2.34. The van der Waals surface area contributed by atoms with Crippen molar-refractivity contribution in [2.24, 2.45) is 0 Å². The van der Waals surface area contributed by atoms with Crippen LogP contribution in [0.4, 0.5) is 0 Å². The van der Waals surface area contributed by atoms with Gasteiger partial charge in [0, 0.05) is 18.6 Å². The molecule has 1 aliphatic heterocycles. The largest absolute Gasteiger partial charge is 0.315 e. The summed E-state index contributed by atoms with van der Waals surface area (Å²) in [5, 5.41) is 7.00. The summed E-state index contributed by atoms with van der Waals surface area (Å²) in [4.78, 5) is 0. The molecule has 0 aliphatic carbocycles. The Morgan fingerprint density at radius 3 is 2.79 bits per heavy atom. The van der Waals surface area contributed by atoms with Crippen LogP contribution in [0.5, 0.6) is 0 Å². The monoisotopic (exact) mass is 190 g/mol. The van der Waals surface area contributed by atoms with Crippen molar-refractivity contribution in [3.05, 3.63) is 35.9 Å². The fourth-order valence-corrected chi connectivity index (χ4v) is 1.99. The van der Waals surface area contributed by atoms with Gasteiger partial charge in [0.25, 0.3) is 0 Å². The molecule has 2 N–H and O–H groups in total. The summed E-state index contributed by atoms with van der Waals surface area (Å²) >= 11 is 0. The lowest BCUT2D eigenvalue weighted by Crippen LogP contribution is -2.33. The van der Waals surface area contributed by atoms with Gasteiger partial charge in [0.2, 0.25) is 0 Å². The highest BCUT2D eigenvalue weighted by Gasteiger charge is 2.16. The Kier molecular flexibility index (Phi) is 3.17. The topological polar surface area (TPSA) is 24.1 Å². The molecule has 1 heterocycles. The molecule has 1 fully saturated rings. The van der Waals surface area contributed by atoms with E-state index in [9.17, 15) is 0 Å². The quantitative estimate of drug-likeness (QED) is 0.758. The molecule has 0 amide bonds. The molecule has 1 saturated heterocycles. The Balaban J connectivity index is 1.92. The molecule has 1 aromatic carbocycles. The standard InChI is InChI=1S/C12H18N2/c1-10(11-5-3-2-4-6-11)14-12-7-8-13-9-12/h2-6,10,12-14H,7-9H2,1H3/t10-,12?/m0/s1. The highest BCUT2D eigenvalue weighted by Crippen LogP contribution is 2.13. The molecule has 14 heavy (non-hydrogen) atoms. The molecule has 0 radical (unpaired) electrons. The van der Waals surface area contributed by atoms with E-state index in [1.807, 2.05) is 0 Å². The van der Waals surface area contributed by atoms with Crippen molar-refractivity contribution in [1.82, 2.24) is 10.6 Å². The van der Waals surface area contributed by atoms with E-state index in [-0.39, 0.29) is 0 Å². The maximum atomic E-state index is 3.63. The lowest BCUT2D eigenvalue weighted by molar-refractivity contribution is 0.478. The summed E-state index contributed by atoms with van der Waals surface area (Å²) in [6.07, 6.45) is 1.25. The summed E-state index contributed by atoms with van der Waals surface area (Å²) in [5.41, 5.74) is 1.37. The van der Waals surface area contributed by atoms with Gasteiger partial charge in [0.05, 0.1) is 0 Å². The first kappa shape index (κ1) is 9.69. The minimum Gasteiger partial charge on any atom is -0.315 e. The van der Waals surface area contributed by atoms with E-state index in [4.69, 9.17) is 0 Å². The second-order valence-electron chi connectivity index (χ2n) is 3.99. The van der Waals surface area contributed by atoms with E-state index in [0.29, 0.717) is 12.1 Å². The summed E-state index contributed by atoms with van der Waals surface area (Å²) in [7, 11) is 0. The Morgan fingerprint density at radius 2 is 2.14 bits per heavy atom. The normalized spacial score (nSPS) is 23.6. The van der Waals surface area contributed by atoms with Crippen LogP contribution in [-0.4, -0.2) is 19.1 Å². The first-order valence-corrected chi connectivity index (χ1v) is 5.38. The van der Waals surface area contributed by atoms with Crippen LogP contribution in [0, 0.1) is 0 Å². The van der Waals surface area contributed by atoms with Crippen LogP contribution >= 0.6 is 0 Å². The van der Waals surface area contributed by atoms with Gasteiger partial charge in [-0.05, 0) is 25.5 Å². The number of hydrogen-bond donors (Lipinski definition) is 2. The Morgan fingerprint density at radius 1 is 1.36 bits per heavy atom. The zero-order valence-electron chi connectivity index (χ0n) is 8.66. The molecule has 0 aromatic heterocycles. The van der Waals surface area contributed by atoms with Crippen LogP contribution < -0.4 is 10.6 Å². The molecule has 76 valence electrons. The van der Waals surface area contributed by atoms with Crippen LogP contribution in [0.2, 0.25) is 0 Å². The fraction of sp³-hybridized carbons (Fsp3) is 0.500. The van der Waals surface area contributed by atoms with Crippen LogP contribution in [0.25, 0.3) is 0 Å². The smallest absolute Gasteiger partial charge is 0.0294 e. The van der Waals surface area contributed by atoms with Crippen molar-refractivity contribution in [1.29, 1.82) is 0 Å². The van der Waals surface area contributed by atoms with Gasteiger partial charge < -0.3 is 10.6 Å². The van der Waals surface area contributed by atoms with E-state index in [0.717, 1.165) is 13.1 Å². The number of hydrogen-bond acceptors (Lipinski definition) is 2. The predicted molar refractivity (Wildman–Crippen MR) is 59.3 cm³/mol. The van der Waals surface area contributed by atoms with Crippen molar-refractivity contribution in [2.75, 3.05) is 13.1 Å². The molecule has 2 heteroatoms. The fourth-order valence-electron chi connectivity index (χ4n) is 1.99. The van der Waals surface area contributed by atoms with Crippen LogP contribution in [-0.2, 0) is 0 Å². The zero-order chi connectivity index (χ0) is 9.80. The lowest BCUT2D eigenvalue weighted by atomic mass is 10.1. The van der Waals surface area contributed by atoms with E-state index < -0.39 is 0 Å². The molecule has 0 bridgehead atoms. The van der Waals surface area contributed by atoms with Gasteiger partial charge in [-0.1, -0.05) is 30.3 Å². The summed E-state index contributed by atoms with van der Waals surface area (Å²) in [6.45, 7) is 4.49. The molecule has 1 aromatic rings. The Bertz CT molecular complexity index is 265. The van der Waals surface area contributed by atoms with E-state index in [1.54, 1.807) is 0 Å². The van der Waals surface area contributed by atoms with Crippen molar-refractivity contribution < 1.29 is 0 Å². The lowest BCUT2D eigenvalue weighted by Gasteiger charge is -2.18. The minimum absolute atomic E-state index is 0.459. The number of rotatable bonds is 3. The summed E-state index contributed by atoms with van der Waals surface area (Å²) in [5.74, 6) is 0. The predicted octanol–water partition coefficient (Wildman–Crippen LogP) is 1.70. The van der Waals surface area contributed by atoms with Gasteiger partial charge in [-0.25, -0.2) is 0 Å². The molecule has 2 rings (SSSR count). The Labute approximate surface area is 85.7 Å². The molecule has 2 atom stereocenters. The highest BCUT2D eigenvalue weighted by molar-refractivity contribution is 5.18. The Hall–Kier alpha value is -0.860. The number of nitrogens with one attached hydrogen (secondary N) is 2. The van der Waals surface area contributed by atoms with Crippen molar-refractivity contribution in [2.45, 2.75) is 25.4 Å². The van der Waals surface area contributed by atoms with Gasteiger partial charge in [-0.15, -0.1) is 0 Å². The average Bonchev–Trinajstić information content (AvgIpc) is 2.72. The maximum Gasteiger partial charge on any atom is 0.0294 e. The van der Waals surface area contributed by atoms with Crippen molar-refractivity contribution >= 4 is 0 Å². The number of benzene rings is 1. The first-order valence-electron chi connectivity index (χ1n) is 5.38. The van der Waals surface area contributed by atoms with Crippen LogP contribution in [0.15, 0.2) is 30.3 Å². The maximum absolute atomic E-state index is 3.63. The summed E-state index contributed by atoms with van der Waals surface area (Å²) in [6, 6.07) is 11.7. The van der Waals surface area contributed by atoms with Crippen LogP contribution in [0.3, 0.4) is 0 Å². The molecular weight excluding hydrogens is 172 g/mol. The molecule has 0 spiro atoms. The van der Waals surface area contributed by atoms with E-state index >= 15 is 0 Å². The van der Waals surface area contributed by atoms with Crippen LogP contribution in [0.1, 0.15) is 24.9 Å². The third-order valence-corrected chi connectivity index (χ3v) is 2.85. The SMILES string of the molecule is C[C@H](NC1CCNC1)c1ccccc1. The first-order chi connectivity index (χ1) is 6.86. The second-order valence-corrected chi connectivity index (χ2v) is 3.99. The minimum atomic E-state index is 0.459.